The number of pyridine rings is 1. The number of benzene rings is 1. The van der Waals surface area contributed by atoms with Gasteiger partial charge in [-0.3, -0.25) is 4.79 Å². The molecule has 27 heavy (non-hydrogen) atoms. The topological polar surface area (TPSA) is 71.5 Å². The highest BCUT2D eigenvalue weighted by Gasteiger charge is 2.22. The Bertz CT molecular complexity index is 856. The molecular formula is C20H22ClN3O3. The van der Waals surface area contributed by atoms with E-state index in [0.29, 0.717) is 33.6 Å². The third-order valence-corrected chi connectivity index (χ3v) is 4.93. The number of halogens is 1. The lowest BCUT2D eigenvalue weighted by Crippen LogP contribution is -2.39. The van der Waals surface area contributed by atoms with Crippen molar-refractivity contribution in [3.05, 3.63) is 52.7 Å². The molecule has 1 unspecified atom stereocenters. The molecule has 1 aliphatic heterocycles. The molecule has 1 amide bonds. The molecule has 1 N–H and O–H groups in total. The fraction of sp³-hybridized carbons (Fsp3) is 0.350. The summed E-state index contributed by atoms with van der Waals surface area (Å²) in [4.78, 5) is 30.6. The molecule has 7 heteroatoms. The second-order valence-electron chi connectivity index (χ2n) is 6.74. The third kappa shape index (κ3) is 4.57. The van der Waals surface area contributed by atoms with E-state index in [1.54, 1.807) is 36.5 Å². The lowest BCUT2D eigenvalue weighted by Gasteiger charge is -2.31. The molecule has 0 saturated carbocycles. The number of aromatic nitrogens is 1. The van der Waals surface area contributed by atoms with Crippen molar-refractivity contribution in [1.82, 2.24) is 9.88 Å². The number of nitrogens with zero attached hydrogens (tertiary/aromatic N) is 2. The molecule has 1 atom stereocenters. The van der Waals surface area contributed by atoms with Crippen LogP contribution in [0, 0.1) is 5.92 Å². The van der Waals surface area contributed by atoms with Crippen LogP contribution in [-0.4, -0.2) is 42.0 Å². The summed E-state index contributed by atoms with van der Waals surface area (Å²) in [5.41, 5.74) is 1.46. The van der Waals surface area contributed by atoms with Gasteiger partial charge in [-0.25, -0.2) is 9.78 Å². The largest absolute Gasteiger partial charge is 0.465 e. The maximum Gasteiger partial charge on any atom is 0.337 e. The van der Waals surface area contributed by atoms with Crippen molar-refractivity contribution in [3.8, 4) is 0 Å². The second-order valence-corrected chi connectivity index (χ2v) is 7.15. The van der Waals surface area contributed by atoms with Crippen molar-refractivity contribution in [3.63, 3.8) is 0 Å². The zero-order valence-electron chi connectivity index (χ0n) is 15.4. The summed E-state index contributed by atoms with van der Waals surface area (Å²) in [6, 6.07) is 8.20. The van der Waals surface area contributed by atoms with Gasteiger partial charge in [-0.2, -0.15) is 0 Å². The highest BCUT2D eigenvalue weighted by Crippen LogP contribution is 2.27. The minimum atomic E-state index is -0.453. The number of anilines is 2. The van der Waals surface area contributed by atoms with Gasteiger partial charge < -0.3 is 15.0 Å². The van der Waals surface area contributed by atoms with Crippen LogP contribution in [0.2, 0.25) is 5.02 Å². The molecule has 1 saturated heterocycles. The number of ether oxygens (including phenoxy) is 1. The van der Waals surface area contributed by atoms with Crippen molar-refractivity contribution in [2.75, 3.05) is 25.5 Å². The molecule has 1 aromatic heterocycles. The van der Waals surface area contributed by atoms with E-state index in [1.807, 2.05) is 4.90 Å². The lowest BCUT2D eigenvalue weighted by atomic mass is 9.99. The Morgan fingerprint density at radius 3 is 2.81 bits per heavy atom. The van der Waals surface area contributed by atoms with Gasteiger partial charge in [0.15, 0.2) is 0 Å². The van der Waals surface area contributed by atoms with Crippen molar-refractivity contribution >= 4 is 35.0 Å². The Balaban J connectivity index is 1.80. The van der Waals surface area contributed by atoms with Gasteiger partial charge in [-0.15, -0.1) is 0 Å². The van der Waals surface area contributed by atoms with Gasteiger partial charge in [0.1, 0.15) is 5.82 Å². The fourth-order valence-corrected chi connectivity index (χ4v) is 3.36. The maximum absolute atomic E-state index is 12.8. The van der Waals surface area contributed by atoms with E-state index in [4.69, 9.17) is 16.3 Å². The second kappa shape index (κ2) is 8.39. The number of nitrogens with one attached hydrogen (secondary N) is 1. The van der Waals surface area contributed by atoms with E-state index in [2.05, 4.69) is 17.2 Å². The zero-order chi connectivity index (χ0) is 19.4. The molecule has 6 nitrogen and oxygen atoms in total. The molecular weight excluding hydrogens is 366 g/mol. The van der Waals surface area contributed by atoms with Crippen LogP contribution in [-0.2, 0) is 4.74 Å². The monoisotopic (exact) mass is 387 g/mol. The highest BCUT2D eigenvalue weighted by atomic mass is 35.5. The zero-order valence-corrected chi connectivity index (χ0v) is 16.1. The van der Waals surface area contributed by atoms with E-state index in [-0.39, 0.29) is 5.91 Å². The number of amides is 1. The number of hydrogen-bond acceptors (Lipinski definition) is 5. The van der Waals surface area contributed by atoms with Crippen molar-refractivity contribution in [2.24, 2.45) is 5.92 Å². The number of rotatable bonds is 4. The first-order valence-electron chi connectivity index (χ1n) is 8.88. The van der Waals surface area contributed by atoms with E-state index in [1.165, 1.54) is 7.11 Å². The molecule has 0 radical (unpaired) electrons. The summed E-state index contributed by atoms with van der Waals surface area (Å²) in [5.74, 6) is 0.545. The Hall–Kier alpha value is -2.60. The molecule has 2 aromatic rings. The molecule has 0 aliphatic carbocycles. The van der Waals surface area contributed by atoms with E-state index >= 15 is 0 Å². The summed E-state index contributed by atoms with van der Waals surface area (Å²) in [7, 11) is 1.32. The average molecular weight is 388 g/mol. The Morgan fingerprint density at radius 2 is 2.07 bits per heavy atom. The van der Waals surface area contributed by atoms with E-state index in [9.17, 15) is 9.59 Å². The van der Waals surface area contributed by atoms with Crippen LogP contribution in [0.3, 0.4) is 0 Å². The van der Waals surface area contributed by atoms with Crippen molar-refractivity contribution in [1.29, 1.82) is 0 Å². The summed E-state index contributed by atoms with van der Waals surface area (Å²) < 4.78 is 4.73. The minimum Gasteiger partial charge on any atom is -0.465 e. The van der Waals surface area contributed by atoms with Crippen molar-refractivity contribution in [2.45, 2.75) is 19.8 Å². The van der Waals surface area contributed by atoms with Gasteiger partial charge in [0.25, 0.3) is 5.91 Å². The number of carbonyl (C=O) groups is 2. The third-order valence-electron chi connectivity index (χ3n) is 4.60. The van der Waals surface area contributed by atoms with Gasteiger partial charge in [0.2, 0.25) is 0 Å². The lowest BCUT2D eigenvalue weighted by molar-refractivity contribution is 0.0600. The smallest absolute Gasteiger partial charge is 0.337 e. The standard InChI is InChI=1S/C20H22ClN3O3/c1-13-4-3-9-24(12-13)19(25)14-7-8-22-18(11-14)23-17-10-15(20(26)27-2)5-6-16(17)21/h5-8,10-11,13H,3-4,9,12H2,1-2H3,(H,22,23). The molecule has 0 spiro atoms. The number of hydrogen-bond donors (Lipinski definition) is 1. The van der Waals surface area contributed by atoms with Gasteiger partial charge >= 0.3 is 5.97 Å². The number of piperidine rings is 1. The molecule has 0 bridgehead atoms. The Kier molecular flexibility index (Phi) is 5.96. The van der Waals surface area contributed by atoms with E-state index < -0.39 is 5.97 Å². The normalized spacial score (nSPS) is 16.7. The summed E-state index contributed by atoms with van der Waals surface area (Å²) >= 11 is 6.22. The van der Waals surface area contributed by atoms with Crippen LogP contribution in [0.15, 0.2) is 36.5 Å². The number of methoxy groups -OCH3 is 1. The fourth-order valence-electron chi connectivity index (χ4n) is 3.19. The number of likely N-dealkylation sites (tertiary alicyclic amines) is 1. The number of carbonyl (C=O) groups excluding carboxylic acids is 2. The van der Waals surface area contributed by atoms with Gasteiger partial charge in [0.05, 0.1) is 23.4 Å². The molecule has 2 heterocycles. The summed E-state index contributed by atoms with van der Waals surface area (Å²) in [6.07, 6.45) is 3.77. The SMILES string of the molecule is COC(=O)c1ccc(Cl)c(Nc2cc(C(=O)N3CCCC(C)C3)ccn2)c1. The molecule has 142 valence electrons. The van der Waals surface area contributed by atoms with Crippen LogP contribution in [0.25, 0.3) is 0 Å². The molecule has 3 rings (SSSR count). The average Bonchev–Trinajstić information content (AvgIpc) is 2.68. The minimum absolute atomic E-state index is 0.00130. The summed E-state index contributed by atoms with van der Waals surface area (Å²) in [5, 5.41) is 3.51. The first-order chi connectivity index (χ1) is 13.0. The van der Waals surface area contributed by atoms with Crippen molar-refractivity contribution < 1.29 is 14.3 Å². The van der Waals surface area contributed by atoms with Gasteiger partial charge in [-0.05, 0) is 49.1 Å². The number of esters is 1. The first-order valence-corrected chi connectivity index (χ1v) is 9.26. The predicted molar refractivity (Wildman–Crippen MR) is 105 cm³/mol. The first kappa shape index (κ1) is 19.2. The highest BCUT2D eigenvalue weighted by molar-refractivity contribution is 6.33. The predicted octanol–water partition coefficient (Wildman–Crippen LogP) is 4.14. The Morgan fingerprint density at radius 1 is 1.26 bits per heavy atom. The van der Waals surface area contributed by atoms with Gasteiger partial charge in [-0.1, -0.05) is 18.5 Å². The van der Waals surface area contributed by atoms with Crippen LogP contribution < -0.4 is 5.32 Å². The molecule has 1 aliphatic rings. The Labute approximate surface area is 163 Å². The van der Waals surface area contributed by atoms with Gasteiger partial charge in [0, 0.05) is 24.8 Å². The van der Waals surface area contributed by atoms with Crippen LogP contribution in [0.1, 0.15) is 40.5 Å². The molecule has 1 aromatic carbocycles. The van der Waals surface area contributed by atoms with Crippen LogP contribution >= 0.6 is 11.6 Å². The maximum atomic E-state index is 12.8. The van der Waals surface area contributed by atoms with Crippen LogP contribution in [0.4, 0.5) is 11.5 Å². The van der Waals surface area contributed by atoms with E-state index in [0.717, 1.165) is 25.9 Å². The molecule has 1 fully saturated rings. The summed E-state index contributed by atoms with van der Waals surface area (Å²) in [6.45, 7) is 3.72. The quantitative estimate of drug-likeness (QED) is 0.798. The van der Waals surface area contributed by atoms with Crippen LogP contribution in [0.5, 0.6) is 0 Å².